The van der Waals surface area contributed by atoms with Crippen LogP contribution in [-0.4, -0.2) is 218 Å². The Morgan fingerprint density at radius 1 is 0.311 bits per heavy atom. The second-order valence-electron chi connectivity index (χ2n) is 32.6. The number of aryl methyl sites for hydroxylation is 5. The predicted octanol–water partition coefficient (Wildman–Crippen LogP) is 19.5. The van der Waals surface area contributed by atoms with Crippen molar-refractivity contribution in [3.8, 4) is 17.2 Å². The monoisotopic (exact) mass is 1630 g/mol. The maximum atomic E-state index is 13.6. The third-order valence-corrected chi connectivity index (χ3v) is 21.1. The molecule has 0 N–H and O–H groups in total. The minimum absolute atomic E-state index is 0. The number of para-hydroxylation sites is 1. The molecule has 0 saturated heterocycles. The maximum absolute atomic E-state index is 13.6. The largest absolute Gasteiger partial charge is 0.487 e. The molecule has 0 amide bonds. The number of nitrogens with zero attached hydrogens (tertiary/aromatic N) is 14. The average Bonchev–Trinajstić information content (AvgIpc) is 1.80. The summed E-state index contributed by atoms with van der Waals surface area (Å²) in [7, 11) is 28.9. The smallest absolute Gasteiger partial charge is 0.231 e. The highest BCUT2D eigenvalue weighted by atomic mass is 19.1. The van der Waals surface area contributed by atoms with Crippen molar-refractivity contribution in [3.05, 3.63) is 270 Å². The Bertz CT molecular complexity index is 5590. The number of halogens is 4. The number of rotatable bonds is 24. The fourth-order valence-electron chi connectivity index (χ4n) is 13.9. The predicted molar refractivity (Wildman–Crippen MR) is 491 cm³/mol. The van der Waals surface area contributed by atoms with Gasteiger partial charge in [0, 0.05) is 191 Å². The van der Waals surface area contributed by atoms with Crippen LogP contribution in [0.5, 0.6) is 17.2 Å². The van der Waals surface area contributed by atoms with Gasteiger partial charge in [0.1, 0.15) is 35.6 Å². The molecular formula is C98H128F4N14O3. The summed E-state index contributed by atoms with van der Waals surface area (Å²) in [5, 5.41) is 7.55. The molecule has 0 unspecified atom stereocenters. The van der Waals surface area contributed by atoms with Gasteiger partial charge in [-0.15, -0.1) is 0 Å². The van der Waals surface area contributed by atoms with Crippen LogP contribution in [0.1, 0.15) is 40.8 Å². The van der Waals surface area contributed by atoms with Gasteiger partial charge in [-0.2, -0.15) is 0 Å². The van der Waals surface area contributed by atoms with E-state index in [1.165, 1.54) is 100 Å². The molecule has 1 aliphatic heterocycles. The summed E-state index contributed by atoms with van der Waals surface area (Å²) in [6.45, 7) is 25.2. The van der Waals surface area contributed by atoms with E-state index in [2.05, 4.69) is 293 Å². The molecule has 8 aromatic carbocycles. The maximum Gasteiger partial charge on any atom is 0.231 e. The lowest BCUT2D eigenvalue weighted by Crippen LogP contribution is -2.18. The number of ether oxygens (including phenoxy) is 3. The second kappa shape index (κ2) is 43.9. The lowest BCUT2D eigenvalue weighted by Gasteiger charge is -2.14. The van der Waals surface area contributed by atoms with Crippen LogP contribution in [0.4, 0.5) is 17.6 Å². The van der Waals surface area contributed by atoms with E-state index in [1.807, 2.05) is 71.4 Å². The zero-order chi connectivity index (χ0) is 84.9. The van der Waals surface area contributed by atoms with Crippen LogP contribution in [0, 0.1) is 57.9 Å². The highest BCUT2D eigenvalue weighted by Crippen LogP contribution is 2.37. The van der Waals surface area contributed by atoms with Crippen LogP contribution in [0.25, 0.3) is 76.3 Å². The normalized spacial score (nSPS) is 11.7. The molecular weight excluding hydrogens is 1500 g/mol. The van der Waals surface area contributed by atoms with Crippen molar-refractivity contribution in [1.29, 1.82) is 0 Å². The van der Waals surface area contributed by atoms with Crippen molar-refractivity contribution >= 4 is 76.3 Å². The molecule has 1 aliphatic rings. The fourth-order valence-corrected chi connectivity index (χ4v) is 13.9. The van der Waals surface area contributed by atoms with Gasteiger partial charge in [0.25, 0.3) is 0 Å². The molecule has 119 heavy (non-hydrogen) atoms. The van der Waals surface area contributed by atoms with E-state index >= 15 is 0 Å². The number of aromatic nitrogens is 7. The van der Waals surface area contributed by atoms with E-state index in [0.29, 0.717) is 41.8 Å². The molecule has 7 aromatic heterocycles. The number of likely N-dealkylation sites (N-methyl/N-ethyl adjacent to an activating group) is 7. The third-order valence-electron chi connectivity index (χ3n) is 21.1. The highest BCUT2D eigenvalue weighted by Gasteiger charge is 2.18. The molecule has 0 spiro atoms. The Balaban J connectivity index is 0.000000158. The standard InChI is InChI=1S/C19H22N2O.2C14H20N2.C13H16N2O2.C13H18N2.2C12H14F2N2.CH4/c1-20(2)13-14-21-12-11-17-9-6-10-18(19(17)21)22-15-16-7-4-3-5-8-16;2*1-11-9-13-5-6-16(8-7-15(3)4)14(13)10-12(11)2;1-14(2)5-6-15-4-3-10-7-12-13(8-11(10)15)17-9-16-12;1-11-4-5-13-12(10-11)6-7-15(13)9-8-14(2)3;1-15(2)5-6-16-4-3-10-11(14)7-9(13)8-12(10)16;1-15(2)5-6-16-4-3-9-7-10(13)8-11(14)12(9)16;/h3-12H,13-15H2,1-2H3;2*5-6,9-10H,7-8H2,1-4H3;3-4,7-8H,5-6,9H2,1-2H3;4-7,10H,8-9H2,1-3H3;2*3-4,7-8H,5-6H2,1-2H3;1H4. The first-order valence-electron chi connectivity index (χ1n) is 40.7. The fraction of sp³-hybridized carbons (Fsp3) is 0.367. The molecule has 21 heteroatoms. The van der Waals surface area contributed by atoms with E-state index in [4.69, 9.17) is 14.2 Å². The van der Waals surface area contributed by atoms with Gasteiger partial charge in [-0.25, -0.2) is 17.6 Å². The van der Waals surface area contributed by atoms with Crippen molar-refractivity contribution in [3.63, 3.8) is 0 Å². The summed E-state index contributed by atoms with van der Waals surface area (Å²) in [5.41, 5.74) is 15.5. The molecule has 15 aromatic rings. The molecule has 0 bridgehead atoms. The first-order chi connectivity index (χ1) is 56.4. The molecule has 636 valence electrons. The van der Waals surface area contributed by atoms with E-state index in [9.17, 15) is 17.6 Å². The Hall–Kier alpha value is -10.6. The quantitative estimate of drug-likeness (QED) is 0.0545. The molecule has 0 saturated carbocycles. The van der Waals surface area contributed by atoms with Crippen LogP contribution >= 0.6 is 0 Å². The van der Waals surface area contributed by atoms with Crippen molar-refractivity contribution in [1.82, 2.24) is 66.3 Å². The van der Waals surface area contributed by atoms with Crippen molar-refractivity contribution in [2.24, 2.45) is 0 Å². The zero-order valence-corrected chi connectivity index (χ0v) is 73.0. The van der Waals surface area contributed by atoms with Gasteiger partial charge in [0.2, 0.25) is 6.79 Å². The molecule has 0 atom stereocenters. The van der Waals surface area contributed by atoms with Gasteiger partial charge in [0.15, 0.2) is 11.5 Å². The average molecular weight is 1630 g/mol. The highest BCUT2D eigenvalue weighted by molar-refractivity contribution is 5.88. The Kier molecular flexibility index (Phi) is 34.0. The topological polar surface area (TPSA) is 84.9 Å². The van der Waals surface area contributed by atoms with Crippen LogP contribution in [0.3, 0.4) is 0 Å². The minimum atomic E-state index is -0.533. The molecule has 17 nitrogen and oxygen atoms in total. The Morgan fingerprint density at radius 2 is 0.689 bits per heavy atom. The lowest BCUT2D eigenvalue weighted by atomic mass is 10.1. The van der Waals surface area contributed by atoms with Crippen LogP contribution in [0.15, 0.2) is 213 Å². The van der Waals surface area contributed by atoms with Gasteiger partial charge in [-0.1, -0.05) is 61.5 Å². The van der Waals surface area contributed by atoms with E-state index in [-0.39, 0.29) is 7.43 Å². The summed E-state index contributed by atoms with van der Waals surface area (Å²) >= 11 is 0. The summed E-state index contributed by atoms with van der Waals surface area (Å²) in [6.07, 6.45) is 14.4. The minimum Gasteiger partial charge on any atom is -0.487 e. The summed E-state index contributed by atoms with van der Waals surface area (Å²) in [5.74, 6) is 0.581. The lowest BCUT2D eigenvalue weighted by molar-refractivity contribution is 0.174. The first-order valence-corrected chi connectivity index (χ1v) is 40.7. The Morgan fingerprint density at radius 3 is 1.18 bits per heavy atom. The molecule has 16 rings (SSSR count). The number of fused-ring (bicyclic) bond motifs is 8. The van der Waals surface area contributed by atoms with Gasteiger partial charge < -0.3 is 80.5 Å². The number of hydrogen-bond acceptors (Lipinski definition) is 10. The van der Waals surface area contributed by atoms with E-state index in [0.717, 1.165) is 114 Å². The zero-order valence-electron chi connectivity index (χ0n) is 73.0. The summed E-state index contributed by atoms with van der Waals surface area (Å²) < 4.78 is 85.1. The number of hydrogen-bond donors (Lipinski definition) is 0. The van der Waals surface area contributed by atoms with Crippen molar-refractivity contribution in [2.45, 2.75) is 94.5 Å². The van der Waals surface area contributed by atoms with Gasteiger partial charge in [-0.05, 0) is 280 Å². The van der Waals surface area contributed by atoms with Crippen molar-refractivity contribution in [2.75, 3.05) is 151 Å². The van der Waals surface area contributed by atoms with E-state index in [1.54, 1.807) is 24.5 Å². The van der Waals surface area contributed by atoms with Gasteiger partial charge in [0.05, 0.1) is 22.1 Å². The summed E-state index contributed by atoms with van der Waals surface area (Å²) in [4.78, 5) is 15.1. The molecule has 0 aliphatic carbocycles. The summed E-state index contributed by atoms with van der Waals surface area (Å²) in [6, 6.07) is 55.2. The van der Waals surface area contributed by atoms with Crippen molar-refractivity contribution < 1.29 is 31.8 Å². The second-order valence-corrected chi connectivity index (χ2v) is 32.6. The van der Waals surface area contributed by atoms with Gasteiger partial charge >= 0.3 is 0 Å². The number of benzene rings is 8. The van der Waals surface area contributed by atoms with Crippen LogP contribution in [-0.2, 0) is 52.4 Å². The first kappa shape index (κ1) is 92.3. The molecule has 8 heterocycles. The van der Waals surface area contributed by atoms with Crippen LogP contribution in [0.2, 0.25) is 0 Å². The van der Waals surface area contributed by atoms with E-state index < -0.39 is 23.3 Å². The molecule has 0 radical (unpaired) electrons. The Labute approximate surface area is 703 Å². The van der Waals surface area contributed by atoms with Crippen LogP contribution < -0.4 is 14.2 Å². The van der Waals surface area contributed by atoms with Gasteiger partial charge in [-0.3, -0.25) is 0 Å². The molecule has 0 fully saturated rings. The SMILES string of the molecule is C.CN(C)CCn1ccc2c(F)cc(F)cc21.CN(C)CCn1ccc2cc(F)cc(F)c21.CN(C)CCn1ccc2cc3c(cc21)OCO3.CN(C)CCn1ccc2cccc(OCc3ccccc3)c21.Cc1cc2ccn(CCN(C)C)c2cc1C.Cc1cc2ccn(CCN(C)C)c2cc1C.Cc1ccc2c(ccn2CCN(C)C)c1. The third kappa shape index (κ3) is 26.2.